The van der Waals surface area contributed by atoms with E-state index < -0.39 is 0 Å². The number of hydrogen-bond acceptors (Lipinski definition) is 4. The SMILES string of the molecule is CCC(CSC)N(C)C(CN)CC(=O)N(CC)CC. The quantitative estimate of drug-likeness (QED) is 0.664. The van der Waals surface area contributed by atoms with E-state index in [1.807, 2.05) is 30.5 Å². The van der Waals surface area contributed by atoms with E-state index in [0.717, 1.165) is 25.3 Å². The maximum atomic E-state index is 12.2. The Morgan fingerprint density at radius 3 is 2.16 bits per heavy atom. The van der Waals surface area contributed by atoms with Crippen molar-refractivity contribution >= 4 is 17.7 Å². The molecule has 2 atom stereocenters. The van der Waals surface area contributed by atoms with Crippen molar-refractivity contribution in [3.63, 3.8) is 0 Å². The predicted molar refractivity (Wildman–Crippen MR) is 85.6 cm³/mol. The third-order valence-corrected chi connectivity index (χ3v) is 4.50. The molecular formula is C14H31N3OS. The molecule has 4 nitrogen and oxygen atoms in total. The zero-order chi connectivity index (χ0) is 14.8. The molecule has 0 spiro atoms. The second-order valence-electron chi connectivity index (χ2n) is 4.84. The zero-order valence-electron chi connectivity index (χ0n) is 13.2. The van der Waals surface area contributed by atoms with Crippen molar-refractivity contribution < 1.29 is 4.79 Å². The standard InChI is InChI=1S/C14H31N3OS/c1-6-12(11-19-5)16(4)13(10-15)9-14(18)17(7-2)8-3/h12-13H,6-11,15H2,1-5H3. The van der Waals surface area contributed by atoms with Gasteiger partial charge in [0.15, 0.2) is 0 Å². The van der Waals surface area contributed by atoms with Gasteiger partial charge in [0.05, 0.1) is 0 Å². The topological polar surface area (TPSA) is 49.6 Å². The van der Waals surface area contributed by atoms with Crippen LogP contribution < -0.4 is 5.73 Å². The first-order valence-corrected chi connectivity index (χ1v) is 8.63. The molecule has 0 saturated heterocycles. The number of carbonyl (C=O) groups is 1. The van der Waals surface area contributed by atoms with Gasteiger partial charge in [0.25, 0.3) is 0 Å². The monoisotopic (exact) mass is 289 g/mol. The Morgan fingerprint density at radius 2 is 1.79 bits per heavy atom. The first-order valence-electron chi connectivity index (χ1n) is 7.24. The van der Waals surface area contributed by atoms with Crippen molar-refractivity contribution in [3.05, 3.63) is 0 Å². The highest BCUT2D eigenvalue weighted by Gasteiger charge is 2.24. The number of carbonyl (C=O) groups excluding carboxylic acids is 1. The zero-order valence-corrected chi connectivity index (χ0v) is 14.0. The largest absolute Gasteiger partial charge is 0.343 e. The van der Waals surface area contributed by atoms with E-state index >= 15 is 0 Å². The maximum absolute atomic E-state index is 12.2. The molecule has 0 aromatic rings. The average molecular weight is 289 g/mol. The highest BCUT2D eigenvalue weighted by atomic mass is 32.2. The smallest absolute Gasteiger partial charge is 0.224 e. The first kappa shape index (κ1) is 18.7. The average Bonchev–Trinajstić information content (AvgIpc) is 2.42. The van der Waals surface area contributed by atoms with Crippen LogP contribution in [0.5, 0.6) is 0 Å². The third kappa shape index (κ3) is 6.15. The molecule has 0 aromatic heterocycles. The van der Waals surface area contributed by atoms with Crippen LogP contribution in [0.2, 0.25) is 0 Å². The van der Waals surface area contributed by atoms with Crippen molar-refractivity contribution in [2.45, 2.75) is 45.7 Å². The van der Waals surface area contributed by atoms with Crippen molar-refractivity contribution in [3.8, 4) is 0 Å². The summed E-state index contributed by atoms with van der Waals surface area (Å²) in [6.07, 6.45) is 3.74. The predicted octanol–water partition coefficient (Wildman–Crippen LogP) is 1.65. The van der Waals surface area contributed by atoms with Crippen LogP contribution >= 0.6 is 11.8 Å². The summed E-state index contributed by atoms with van der Waals surface area (Å²) in [5, 5.41) is 0. The van der Waals surface area contributed by atoms with E-state index in [0.29, 0.717) is 19.0 Å². The van der Waals surface area contributed by atoms with Crippen LogP contribution in [-0.4, -0.2) is 66.5 Å². The van der Waals surface area contributed by atoms with Gasteiger partial charge < -0.3 is 10.6 Å². The Morgan fingerprint density at radius 1 is 1.21 bits per heavy atom. The number of nitrogens with zero attached hydrogens (tertiary/aromatic N) is 2. The fraction of sp³-hybridized carbons (Fsp3) is 0.929. The number of amides is 1. The summed E-state index contributed by atoms with van der Waals surface area (Å²) >= 11 is 1.85. The second kappa shape index (κ2) is 10.5. The van der Waals surface area contributed by atoms with E-state index in [1.165, 1.54) is 0 Å². The van der Waals surface area contributed by atoms with Gasteiger partial charge in [0.1, 0.15) is 0 Å². The fourth-order valence-corrected chi connectivity index (χ4v) is 3.17. The van der Waals surface area contributed by atoms with Gasteiger partial charge in [0.2, 0.25) is 5.91 Å². The Labute approximate surface area is 123 Å². The van der Waals surface area contributed by atoms with Gasteiger partial charge >= 0.3 is 0 Å². The third-order valence-electron chi connectivity index (χ3n) is 3.78. The molecule has 114 valence electrons. The van der Waals surface area contributed by atoms with Gasteiger partial charge in [-0.15, -0.1) is 0 Å². The summed E-state index contributed by atoms with van der Waals surface area (Å²) in [6, 6.07) is 0.637. The van der Waals surface area contributed by atoms with Gasteiger partial charge in [-0.25, -0.2) is 0 Å². The second-order valence-corrected chi connectivity index (χ2v) is 5.75. The molecule has 0 aliphatic rings. The molecule has 0 heterocycles. The van der Waals surface area contributed by atoms with Crippen molar-refractivity contribution in [2.24, 2.45) is 5.73 Å². The summed E-state index contributed by atoms with van der Waals surface area (Å²) in [5.41, 5.74) is 5.87. The maximum Gasteiger partial charge on any atom is 0.224 e. The molecular weight excluding hydrogens is 258 g/mol. The van der Waals surface area contributed by atoms with Crippen LogP contribution in [0.15, 0.2) is 0 Å². The number of thioether (sulfide) groups is 1. The van der Waals surface area contributed by atoms with Gasteiger partial charge in [-0.2, -0.15) is 11.8 Å². The van der Waals surface area contributed by atoms with Gasteiger partial charge in [-0.3, -0.25) is 9.69 Å². The molecule has 0 bridgehead atoms. The van der Waals surface area contributed by atoms with E-state index in [9.17, 15) is 4.79 Å². The molecule has 0 radical (unpaired) electrons. The summed E-state index contributed by atoms with van der Waals surface area (Å²) in [5.74, 6) is 1.30. The van der Waals surface area contributed by atoms with Crippen LogP contribution in [-0.2, 0) is 4.79 Å². The lowest BCUT2D eigenvalue weighted by atomic mass is 10.1. The highest BCUT2D eigenvalue weighted by Crippen LogP contribution is 2.14. The van der Waals surface area contributed by atoms with Crippen molar-refractivity contribution in [2.75, 3.05) is 38.7 Å². The van der Waals surface area contributed by atoms with Crippen molar-refractivity contribution in [1.82, 2.24) is 9.80 Å². The van der Waals surface area contributed by atoms with E-state index in [2.05, 4.69) is 25.1 Å². The minimum atomic E-state index is 0.144. The summed E-state index contributed by atoms with van der Waals surface area (Å²) in [4.78, 5) is 16.4. The normalized spacial score (nSPS) is 14.5. The molecule has 1 amide bonds. The minimum Gasteiger partial charge on any atom is -0.343 e. The first-order chi connectivity index (χ1) is 9.05. The van der Waals surface area contributed by atoms with E-state index in [4.69, 9.17) is 5.73 Å². The van der Waals surface area contributed by atoms with Crippen molar-refractivity contribution in [1.29, 1.82) is 0 Å². The molecule has 0 aliphatic carbocycles. The Balaban J connectivity index is 4.59. The molecule has 2 unspecified atom stereocenters. The lowest BCUT2D eigenvalue weighted by molar-refractivity contribution is -0.132. The van der Waals surface area contributed by atoms with E-state index in [1.54, 1.807) is 0 Å². The Kier molecular flexibility index (Phi) is 10.4. The molecule has 19 heavy (non-hydrogen) atoms. The fourth-order valence-electron chi connectivity index (χ4n) is 2.31. The summed E-state index contributed by atoms with van der Waals surface area (Å²) in [7, 11) is 2.09. The molecule has 0 saturated carbocycles. The minimum absolute atomic E-state index is 0.144. The van der Waals surface area contributed by atoms with E-state index in [-0.39, 0.29) is 11.9 Å². The highest BCUT2D eigenvalue weighted by molar-refractivity contribution is 7.98. The lowest BCUT2D eigenvalue weighted by Crippen LogP contribution is -2.48. The number of nitrogens with two attached hydrogens (primary N) is 1. The summed E-state index contributed by atoms with van der Waals surface area (Å²) in [6.45, 7) is 8.32. The number of hydrogen-bond donors (Lipinski definition) is 1. The molecule has 5 heteroatoms. The summed E-state index contributed by atoms with van der Waals surface area (Å²) < 4.78 is 0. The van der Waals surface area contributed by atoms with Crippen LogP contribution in [0, 0.1) is 0 Å². The van der Waals surface area contributed by atoms with Crippen LogP contribution in [0.4, 0.5) is 0 Å². The Bertz CT molecular complexity index is 247. The lowest BCUT2D eigenvalue weighted by Gasteiger charge is -2.34. The molecule has 0 aliphatic heterocycles. The number of rotatable bonds is 10. The van der Waals surface area contributed by atoms with Crippen LogP contribution in [0.1, 0.15) is 33.6 Å². The Hall–Kier alpha value is -0.260. The van der Waals surface area contributed by atoms with Crippen LogP contribution in [0.25, 0.3) is 0 Å². The van der Waals surface area contributed by atoms with Gasteiger partial charge in [-0.05, 0) is 33.6 Å². The van der Waals surface area contributed by atoms with Gasteiger partial charge in [0, 0.05) is 43.9 Å². The molecule has 0 aromatic carbocycles. The van der Waals surface area contributed by atoms with Crippen LogP contribution in [0.3, 0.4) is 0 Å². The molecule has 0 fully saturated rings. The van der Waals surface area contributed by atoms with Gasteiger partial charge in [-0.1, -0.05) is 6.92 Å². The molecule has 2 N–H and O–H groups in total. The molecule has 0 rings (SSSR count). The number of likely N-dealkylation sites (N-methyl/N-ethyl adjacent to an activating group) is 1.